The van der Waals surface area contributed by atoms with Crippen LogP contribution in [0.3, 0.4) is 0 Å². The molecule has 0 radical (unpaired) electrons. The highest BCUT2D eigenvalue weighted by atomic mass is 16.3. The molecule has 1 amide bonds. The normalized spacial score (nSPS) is 15.3. The van der Waals surface area contributed by atoms with E-state index in [2.05, 4.69) is 15.2 Å². The Labute approximate surface area is 142 Å². The summed E-state index contributed by atoms with van der Waals surface area (Å²) in [6.45, 7) is 1.62. The number of pyridine rings is 1. The van der Waals surface area contributed by atoms with Crippen molar-refractivity contribution < 1.29 is 9.90 Å². The standard InChI is InChI=1S/C19H23N3O2/c23-16-9-13-22(14-10-16)18-4-2-1-3-17(18)21-19(24)6-5-15-7-11-20-12-8-15/h1-4,7-8,11-12,16,23H,5-6,9-10,13-14H2,(H,21,24). The fraction of sp³-hybridized carbons (Fsp3) is 0.368. The van der Waals surface area contributed by atoms with Gasteiger partial charge in [-0.2, -0.15) is 0 Å². The Morgan fingerprint density at radius 2 is 1.88 bits per heavy atom. The van der Waals surface area contributed by atoms with Gasteiger partial charge in [0.1, 0.15) is 0 Å². The molecular formula is C19H23N3O2. The van der Waals surface area contributed by atoms with Crippen LogP contribution in [0.1, 0.15) is 24.8 Å². The van der Waals surface area contributed by atoms with Gasteiger partial charge in [-0.15, -0.1) is 0 Å². The van der Waals surface area contributed by atoms with E-state index in [1.807, 2.05) is 36.4 Å². The average Bonchev–Trinajstić information content (AvgIpc) is 2.62. The minimum Gasteiger partial charge on any atom is -0.393 e. The zero-order valence-corrected chi connectivity index (χ0v) is 13.7. The summed E-state index contributed by atoms with van der Waals surface area (Å²) in [4.78, 5) is 18.5. The highest BCUT2D eigenvalue weighted by molar-refractivity contribution is 5.94. The van der Waals surface area contributed by atoms with Crippen LogP contribution in [0, 0.1) is 0 Å². The predicted molar refractivity (Wildman–Crippen MR) is 95.1 cm³/mol. The monoisotopic (exact) mass is 325 g/mol. The van der Waals surface area contributed by atoms with Crippen LogP contribution < -0.4 is 10.2 Å². The summed E-state index contributed by atoms with van der Waals surface area (Å²) < 4.78 is 0. The second kappa shape index (κ2) is 7.93. The second-order valence-corrected chi connectivity index (χ2v) is 6.14. The summed E-state index contributed by atoms with van der Waals surface area (Å²) in [6.07, 6.45) is 5.96. The van der Waals surface area contributed by atoms with Crippen molar-refractivity contribution in [3.63, 3.8) is 0 Å². The van der Waals surface area contributed by atoms with Crippen molar-refractivity contribution in [3.8, 4) is 0 Å². The van der Waals surface area contributed by atoms with Crippen molar-refractivity contribution in [2.75, 3.05) is 23.3 Å². The van der Waals surface area contributed by atoms with Crippen molar-refractivity contribution in [2.24, 2.45) is 0 Å². The SMILES string of the molecule is O=C(CCc1ccncc1)Nc1ccccc1N1CCC(O)CC1. The number of carbonyl (C=O) groups is 1. The quantitative estimate of drug-likeness (QED) is 0.887. The minimum atomic E-state index is -0.205. The number of carbonyl (C=O) groups excluding carboxylic acids is 1. The molecule has 2 N–H and O–H groups in total. The van der Waals surface area contributed by atoms with Crippen LogP contribution >= 0.6 is 0 Å². The van der Waals surface area contributed by atoms with E-state index in [1.54, 1.807) is 12.4 Å². The van der Waals surface area contributed by atoms with Crippen LogP contribution in [0.2, 0.25) is 0 Å². The Kier molecular flexibility index (Phi) is 5.43. The van der Waals surface area contributed by atoms with E-state index in [1.165, 1.54) is 0 Å². The number of aliphatic hydroxyl groups excluding tert-OH is 1. The first-order valence-electron chi connectivity index (χ1n) is 8.43. The molecule has 3 rings (SSSR count). The van der Waals surface area contributed by atoms with Gasteiger partial charge in [-0.25, -0.2) is 0 Å². The number of aliphatic hydroxyl groups is 1. The molecule has 1 aromatic carbocycles. The lowest BCUT2D eigenvalue weighted by atomic mass is 10.1. The van der Waals surface area contributed by atoms with E-state index >= 15 is 0 Å². The maximum absolute atomic E-state index is 12.3. The zero-order valence-electron chi connectivity index (χ0n) is 13.7. The van der Waals surface area contributed by atoms with E-state index in [-0.39, 0.29) is 12.0 Å². The highest BCUT2D eigenvalue weighted by Crippen LogP contribution is 2.28. The molecule has 1 aliphatic heterocycles. The van der Waals surface area contributed by atoms with Crippen LogP contribution in [-0.4, -0.2) is 35.2 Å². The van der Waals surface area contributed by atoms with Crippen molar-refractivity contribution >= 4 is 17.3 Å². The fourth-order valence-electron chi connectivity index (χ4n) is 2.98. The van der Waals surface area contributed by atoms with Crippen LogP contribution in [0.4, 0.5) is 11.4 Å². The molecule has 126 valence electrons. The van der Waals surface area contributed by atoms with E-state index < -0.39 is 0 Å². The number of amides is 1. The molecule has 1 fully saturated rings. The molecule has 0 atom stereocenters. The van der Waals surface area contributed by atoms with Gasteiger partial charge < -0.3 is 15.3 Å². The minimum absolute atomic E-state index is 0.0105. The number of aryl methyl sites for hydroxylation is 1. The van der Waals surface area contributed by atoms with E-state index in [0.717, 1.165) is 42.9 Å². The first-order valence-corrected chi connectivity index (χ1v) is 8.43. The summed E-state index contributed by atoms with van der Waals surface area (Å²) in [5.74, 6) is 0.0105. The number of aromatic nitrogens is 1. The van der Waals surface area contributed by atoms with Gasteiger partial charge in [0.25, 0.3) is 0 Å². The van der Waals surface area contributed by atoms with Gasteiger partial charge in [-0.05, 0) is 49.1 Å². The summed E-state index contributed by atoms with van der Waals surface area (Å²) in [7, 11) is 0. The average molecular weight is 325 g/mol. The largest absolute Gasteiger partial charge is 0.393 e. The number of benzene rings is 1. The number of rotatable bonds is 5. The Morgan fingerprint density at radius 1 is 1.17 bits per heavy atom. The third-order valence-electron chi connectivity index (χ3n) is 4.37. The van der Waals surface area contributed by atoms with Crippen LogP contribution in [-0.2, 0) is 11.2 Å². The Morgan fingerprint density at radius 3 is 2.62 bits per heavy atom. The number of piperidine rings is 1. The number of anilines is 2. The van der Waals surface area contributed by atoms with E-state index in [0.29, 0.717) is 12.8 Å². The molecule has 0 aliphatic carbocycles. The van der Waals surface area contributed by atoms with Gasteiger partial charge in [-0.1, -0.05) is 12.1 Å². The summed E-state index contributed by atoms with van der Waals surface area (Å²) in [5, 5.41) is 12.7. The zero-order chi connectivity index (χ0) is 16.8. The third kappa shape index (κ3) is 4.32. The maximum atomic E-state index is 12.3. The smallest absolute Gasteiger partial charge is 0.224 e. The van der Waals surface area contributed by atoms with Gasteiger partial charge in [0.15, 0.2) is 0 Å². The van der Waals surface area contributed by atoms with Gasteiger partial charge in [0.2, 0.25) is 5.91 Å². The molecule has 2 aromatic rings. The molecule has 5 nitrogen and oxygen atoms in total. The topological polar surface area (TPSA) is 65.5 Å². The molecule has 1 aliphatic rings. The molecule has 24 heavy (non-hydrogen) atoms. The lowest BCUT2D eigenvalue weighted by Gasteiger charge is -2.32. The van der Waals surface area contributed by atoms with Crippen molar-refractivity contribution in [2.45, 2.75) is 31.8 Å². The van der Waals surface area contributed by atoms with Crippen LogP contribution in [0.25, 0.3) is 0 Å². The van der Waals surface area contributed by atoms with Gasteiger partial charge >= 0.3 is 0 Å². The Bertz CT molecular complexity index is 667. The molecular weight excluding hydrogens is 302 g/mol. The van der Waals surface area contributed by atoms with Crippen molar-refractivity contribution in [1.29, 1.82) is 0 Å². The number of nitrogens with zero attached hydrogens (tertiary/aromatic N) is 2. The molecule has 1 saturated heterocycles. The van der Waals surface area contributed by atoms with Crippen molar-refractivity contribution in [3.05, 3.63) is 54.4 Å². The van der Waals surface area contributed by atoms with Gasteiger partial charge in [0.05, 0.1) is 17.5 Å². The third-order valence-corrected chi connectivity index (χ3v) is 4.37. The summed E-state index contributed by atoms with van der Waals surface area (Å²) in [6, 6.07) is 11.7. The Balaban J connectivity index is 1.61. The molecule has 0 bridgehead atoms. The fourth-order valence-corrected chi connectivity index (χ4v) is 2.98. The molecule has 0 saturated carbocycles. The molecule has 1 aromatic heterocycles. The highest BCUT2D eigenvalue weighted by Gasteiger charge is 2.19. The molecule has 2 heterocycles. The first-order chi connectivity index (χ1) is 11.7. The molecule has 0 unspecified atom stereocenters. The molecule has 5 heteroatoms. The Hall–Kier alpha value is -2.40. The first kappa shape index (κ1) is 16.5. The second-order valence-electron chi connectivity index (χ2n) is 6.14. The summed E-state index contributed by atoms with van der Waals surface area (Å²) >= 11 is 0. The lowest BCUT2D eigenvalue weighted by molar-refractivity contribution is -0.116. The van der Waals surface area contributed by atoms with Crippen LogP contribution in [0.5, 0.6) is 0 Å². The van der Waals surface area contributed by atoms with Gasteiger partial charge in [0, 0.05) is 31.9 Å². The van der Waals surface area contributed by atoms with Crippen LogP contribution in [0.15, 0.2) is 48.8 Å². The predicted octanol–water partition coefficient (Wildman–Crippen LogP) is 2.61. The number of hydrogen-bond donors (Lipinski definition) is 2. The maximum Gasteiger partial charge on any atom is 0.224 e. The van der Waals surface area contributed by atoms with E-state index in [9.17, 15) is 9.90 Å². The number of nitrogens with one attached hydrogen (secondary N) is 1. The van der Waals surface area contributed by atoms with Crippen molar-refractivity contribution in [1.82, 2.24) is 4.98 Å². The number of para-hydroxylation sites is 2. The lowest BCUT2D eigenvalue weighted by Crippen LogP contribution is -2.36. The molecule has 0 spiro atoms. The van der Waals surface area contributed by atoms with E-state index in [4.69, 9.17) is 0 Å². The summed E-state index contributed by atoms with van der Waals surface area (Å²) in [5.41, 5.74) is 2.98. The number of hydrogen-bond acceptors (Lipinski definition) is 4. The van der Waals surface area contributed by atoms with Gasteiger partial charge in [-0.3, -0.25) is 9.78 Å².